The van der Waals surface area contributed by atoms with Gasteiger partial charge in [0.25, 0.3) is 5.91 Å². The third kappa shape index (κ3) is 3.56. The van der Waals surface area contributed by atoms with Crippen molar-refractivity contribution in [3.63, 3.8) is 0 Å². The van der Waals surface area contributed by atoms with E-state index in [2.05, 4.69) is 17.3 Å². The molecule has 26 heavy (non-hydrogen) atoms. The molecular weight excluding hydrogens is 330 g/mol. The fraction of sp³-hybridized carbons (Fsp3) is 0.600. The van der Waals surface area contributed by atoms with Crippen molar-refractivity contribution in [2.45, 2.75) is 45.3 Å². The maximum absolute atomic E-state index is 13.3. The number of carbonyl (C=O) groups is 2. The average Bonchev–Trinajstić information content (AvgIpc) is 2.73. The number of amides is 2. The lowest BCUT2D eigenvalue weighted by molar-refractivity contribution is -0.126. The molecule has 0 aromatic heterocycles. The lowest BCUT2D eigenvalue weighted by Crippen LogP contribution is -2.57. The molecule has 2 heterocycles. The van der Waals surface area contributed by atoms with Gasteiger partial charge < -0.3 is 19.9 Å². The summed E-state index contributed by atoms with van der Waals surface area (Å²) < 4.78 is 6.46. The van der Waals surface area contributed by atoms with Crippen LogP contribution in [0, 0.1) is 6.92 Å². The molecule has 2 amide bonds. The molecule has 0 bridgehead atoms. The Morgan fingerprint density at radius 3 is 2.69 bits per heavy atom. The second-order valence-corrected chi connectivity index (χ2v) is 7.59. The normalized spacial score (nSPS) is 20.9. The second-order valence-electron chi connectivity index (χ2n) is 7.59. The molecule has 1 spiro atoms. The summed E-state index contributed by atoms with van der Waals surface area (Å²) in [4.78, 5) is 29.7. The third-order valence-electron chi connectivity index (χ3n) is 5.51. The molecule has 1 fully saturated rings. The highest BCUT2D eigenvalue weighted by Gasteiger charge is 2.44. The van der Waals surface area contributed by atoms with Gasteiger partial charge in [-0.2, -0.15) is 0 Å². The summed E-state index contributed by atoms with van der Waals surface area (Å²) >= 11 is 0. The molecule has 3 rings (SSSR count). The van der Waals surface area contributed by atoms with Crippen LogP contribution in [0.1, 0.15) is 42.6 Å². The first-order valence-corrected chi connectivity index (χ1v) is 9.42. The van der Waals surface area contributed by atoms with Gasteiger partial charge in [-0.05, 0) is 40.0 Å². The monoisotopic (exact) mass is 359 g/mol. The molecule has 142 valence electrons. The lowest BCUT2D eigenvalue weighted by atomic mass is 9.90. The molecule has 2 aliphatic heterocycles. The van der Waals surface area contributed by atoms with Gasteiger partial charge in [-0.3, -0.25) is 9.59 Å². The number of carbonyl (C=O) groups excluding carboxylic acids is 2. The maximum Gasteiger partial charge on any atom is 0.258 e. The van der Waals surface area contributed by atoms with E-state index in [1.807, 2.05) is 32.0 Å². The van der Waals surface area contributed by atoms with Crippen LogP contribution < -0.4 is 10.1 Å². The van der Waals surface area contributed by atoms with Crippen molar-refractivity contribution in [2.75, 3.05) is 33.2 Å². The molecule has 1 N–H and O–H groups in total. The zero-order valence-corrected chi connectivity index (χ0v) is 16.2. The van der Waals surface area contributed by atoms with Gasteiger partial charge in [-0.1, -0.05) is 11.6 Å². The van der Waals surface area contributed by atoms with Crippen LogP contribution in [0.2, 0.25) is 0 Å². The summed E-state index contributed by atoms with van der Waals surface area (Å²) in [7, 11) is 2.10. The number of likely N-dealkylation sites (tertiary alicyclic amines) is 1. The fourth-order valence-electron chi connectivity index (χ4n) is 3.76. The predicted molar refractivity (Wildman–Crippen MR) is 100 cm³/mol. The van der Waals surface area contributed by atoms with Crippen molar-refractivity contribution >= 4 is 11.8 Å². The zero-order valence-electron chi connectivity index (χ0n) is 16.2. The van der Waals surface area contributed by atoms with Crippen molar-refractivity contribution < 1.29 is 14.3 Å². The quantitative estimate of drug-likeness (QED) is 0.894. The minimum absolute atomic E-state index is 0.125. The number of aryl methyl sites for hydroxylation is 1. The van der Waals surface area contributed by atoms with Crippen molar-refractivity contribution in [1.82, 2.24) is 15.1 Å². The topological polar surface area (TPSA) is 61.9 Å². The smallest absolute Gasteiger partial charge is 0.258 e. The number of hydrogen-bond donors (Lipinski definition) is 1. The van der Waals surface area contributed by atoms with Gasteiger partial charge in [0.05, 0.1) is 12.1 Å². The van der Waals surface area contributed by atoms with E-state index in [0.717, 1.165) is 31.5 Å². The minimum Gasteiger partial charge on any atom is -0.484 e. The highest BCUT2D eigenvalue weighted by Crippen LogP contribution is 2.36. The number of nitrogens with zero attached hydrogens (tertiary/aromatic N) is 2. The van der Waals surface area contributed by atoms with Gasteiger partial charge in [0.2, 0.25) is 5.91 Å². The molecule has 1 aromatic rings. The van der Waals surface area contributed by atoms with E-state index in [9.17, 15) is 9.59 Å². The summed E-state index contributed by atoms with van der Waals surface area (Å²) in [5, 5.41) is 2.84. The van der Waals surface area contributed by atoms with Crippen LogP contribution >= 0.6 is 0 Å². The molecule has 6 nitrogen and oxygen atoms in total. The number of likely N-dealkylation sites (N-methyl/N-ethyl adjacent to an activating group) is 1. The Morgan fingerprint density at radius 2 is 2.04 bits per heavy atom. The lowest BCUT2D eigenvalue weighted by Gasteiger charge is -2.42. The summed E-state index contributed by atoms with van der Waals surface area (Å²) in [5.74, 6) is 0.383. The third-order valence-corrected chi connectivity index (χ3v) is 5.51. The highest BCUT2D eigenvalue weighted by molar-refractivity contribution is 6.00. The van der Waals surface area contributed by atoms with Gasteiger partial charge in [-0.25, -0.2) is 0 Å². The van der Waals surface area contributed by atoms with Crippen LogP contribution in [0.25, 0.3) is 0 Å². The van der Waals surface area contributed by atoms with Crippen molar-refractivity contribution in [3.05, 3.63) is 29.3 Å². The van der Waals surface area contributed by atoms with Crippen LogP contribution in [-0.2, 0) is 4.79 Å². The average molecular weight is 359 g/mol. The van der Waals surface area contributed by atoms with E-state index >= 15 is 0 Å². The van der Waals surface area contributed by atoms with E-state index < -0.39 is 11.6 Å². The molecular formula is C20H29N3O3. The van der Waals surface area contributed by atoms with E-state index in [4.69, 9.17) is 4.74 Å². The van der Waals surface area contributed by atoms with Gasteiger partial charge >= 0.3 is 0 Å². The summed E-state index contributed by atoms with van der Waals surface area (Å²) in [5.41, 5.74) is 1.12. The summed E-state index contributed by atoms with van der Waals surface area (Å²) in [6.07, 6.45) is 1.67. The molecule has 0 radical (unpaired) electrons. The highest BCUT2D eigenvalue weighted by atomic mass is 16.5. The Bertz CT molecular complexity index is 696. The van der Waals surface area contributed by atoms with Crippen LogP contribution in [0.3, 0.4) is 0 Å². The maximum atomic E-state index is 13.3. The van der Waals surface area contributed by atoms with Crippen LogP contribution in [-0.4, -0.2) is 66.5 Å². The first-order valence-electron chi connectivity index (χ1n) is 9.42. The minimum atomic E-state index is -0.533. The van der Waals surface area contributed by atoms with E-state index in [0.29, 0.717) is 24.4 Å². The number of benzene rings is 1. The van der Waals surface area contributed by atoms with Gasteiger partial charge in [0.15, 0.2) is 0 Å². The second kappa shape index (κ2) is 7.27. The largest absolute Gasteiger partial charge is 0.484 e. The van der Waals surface area contributed by atoms with Crippen LogP contribution in [0.15, 0.2) is 18.2 Å². The number of nitrogens with one attached hydrogen (secondary N) is 1. The van der Waals surface area contributed by atoms with Crippen LogP contribution in [0.5, 0.6) is 5.75 Å². The van der Waals surface area contributed by atoms with Gasteiger partial charge in [0.1, 0.15) is 17.4 Å². The summed E-state index contributed by atoms with van der Waals surface area (Å²) in [6, 6.07) is 5.19. The molecule has 1 aromatic carbocycles. The number of hydrogen-bond acceptors (Lipinski definition) is 4. The molecule has 1 atom stereocenters. The van der Waals surface area contributed by atoms with Crippen molar-refractivity contribution in [1.29, 1.82) is 0 Å². The number of fused-ring (bicyclic) bond motifs is 1. The molecule has 0 unspecified atom stereocenters. The Labute approximate surface area is 155 Å². The van der Waals surface area contributed by atoms with E-state index in [1.165, 1.54) is 0 Å². The summed E-state index contributed by atoms with van der Waals surface area (Å²) in [6.45, 7) is 8.46. The Balaban J connectivity index is 2.00. The SMILES string of the molecule is CCNC(=O)[C@@H](C)N1CC2(CCN(C)CC2)Oc2ccc(C)cc2C1=O. The van der Waals surface area contributed by atoms with Crippen molar-refractivity contribution in [3.8, 4) is 5.75 Å². The van der Waals surface area contributed by atoms with Crippen LogP contribution in [0.4, 0.5) is 0 Å². The Kier molecular flexibility index (Phi) is 5.23. The predicted octanol–water partition coefficient (Wildman–Crippen LogP) is 1.82. The number of piperidine rings is 1. The molecule has 0 aliphatic carbocycles. The first kappa shape index (κ1) is 18.7. The number of rotatable bonds is 3. The van der Waals surface area contributed by atoms with Gasteiger partial charge in [-0.15, -0.1) is 0 Å². The molecule has 0 saturated carbocycles. The van der Waals surface area contributed by atoms with E-state index in [1.54, 1.807) is 11.8 Å². The fourth-order valence-corrected chi connectivity index (χ4v) is 3.76. The number of ether oxygens (including phenoxy) is 1. The molecule has 2 aliphatic rings. The van der Waals surface area contributed by atoms with Gasteiger partial charge in [0, 0.05) is 32.5 Å². The molecule has 6 heteroatoms. The van der Waals surface area contributed by atoms with Crippen molar-refractivity contribution in [2.24, 2.45) is 0 Å². The Hall–Kier alpha value is -2.08. The zero-order chi connectivity index (χ0) is 18.9. The molecule has 1 saturated heterocycles. The van der Waals surface area contributed by atoms with E-state index in [-0.39, 0.29) is 11.8 Å². The first-order chi connectivity index (χ1) is 12.3. The standard InChI is InChI=1S/C20H29N3O3/c1-5-21-18(24)15(3)23-13-20(8-10-22(4)11-9-20)26-17-7-6-14(2)12-16(17)19(23)25/h6-7,12,15H,5,8-11,13H2,1-4H3,(H,21,24)/t15-/m1/s1. The Morgan fingerprint density at radius 1 is 1.35 bits per heavy atom.